The fraction of sp³-hybridized carbons (Fsp3) is 0.733. The lowest BCUT2D eigenvalue weighted by molar-refractivity contribution is 0.192. The number of rotatable bonds is 2. The van der Waals surface area contributed by atoms with Crippen LogP contribution in [0.15, 0.2) is 11.4 Å². The van der Waals surface area contributed by atoms with Crippen LogP contribution in [0.5, 0.6) is 0 Å². The van der Waals surface area contributed by atoms with Crippen molar-refractivity contribution in [1.82, 2.24) is 4.90 Å². The average molecular weight is 264 g/mol. The van der Waals surface area contributed by atoms with Gasteiger partial charge in [-0.25, -0.2) is 0 Å². The van der Waals surface area contributed by atoms with E-state index in [-0.39, 0.29) is 0 Å². The highest BCUT2D eigenvalue weighted by molar-refractivity contribution is 7.10. The lowest BCUT2D eigenvalue weighted by atomic mass is 9.85. The number of nitrogens with two attached hydrogens (primary N) is 1. The minimum absolute atomic E-state index is 0.341. The maximum Gasteiger partial charge on any atom is 0.0245 e. The van der Waals surface area contributed by atoms with Crippen molar-refractivity contribution in [2.75, 3.05) is 13.1 Å². The van der Waals surface area contributed by atoms with E-state index in [1.54, 1.807) is 10.4 Å². The molecule has 3 rings (SSSR count). The summed E-state index contributed by atoms with van der Waals surface area (Å²) in [5, 5.41) is 2.23. The molecule has 0 spiro atoms. The summed E-state index contributed by atoms with van der Waals surface area (Å²) in [5.41, 5.74) is 8.32. The van der Waals surface area contributed by atoms with E-state index in [1.165, 1.54) is 32.4 Å². The number of fused-ring (bicyclic) bond motifs is 1. The molecule has 2 nitrogen and oxygen atoms in total. The van der Waals surface area contributed by atoms with Crippen molar-refractivity contribution in [2.24, 2.45) is 17.1 Å². The largest absolute Gasteiger partial charge is 0.327 e. The van der Waals surface area contributed by atoms with Gasteiger partial charge in [0.15, 0.2) is 0 Å². The molecular weight excluding hydrogens is 240 g/mol. The van der Waals surface area contributed by atoms with E-state index in [0.717, 1.165) is 6.54 Å². The Morgan fingerprint density at radius 3 is 3.06 bits per heavy atom. The van der Waals surface area contributed by atoms with E-state index < -0.39 is 0 Å². The van der Waals surface area contributed by atoms with E-state index in [1.807, 2.05) is 11.3 Å². The lowest BCUT2D eigenvalue weighted by Gasteiger charge is -2.33. The Hall–Kier alpha value is -0.380. The summed E-state index contributed by atoms with van der Waals surface area (Å²) in [6, 6.07) is 2.67. The smallest absolute Gasteiger partial charge is 0.0245 e. The zero-order valence-corrected chi connectivity index (χ0v) is 12.3. The van der Waals surface area contributed by atoms with Crippen LogP contribution < -0.4 is 5.73 Å². The van der Waals surface area contributed by atoms with Crippen molar-refractivity contribution in [3.63, 3.8) is 0 Å². The maximum atomic E-state index is 6.42. The molecule has 2 atom stereocenters. The fourth-order valence-electron chi connectivity index (χ4n) is 3.54. The van der Waals surface area contributed by atoms with Gasteiger partial charge in [0.05, 0.1) is 0 Å². The van der Waals surface area contributed by atoms with Crippen molar-refractivity contribution in [1.29, 1.82) is 0 Å². The second-order valence-corrected chi connectivity index (χ2v) is 7.67. The molecular formula is C15H24N2S. The normalized spacial score (nSPS) is 31.5. The molecule has 1 aromatic rings. The number of thiophene rings is 1. The van der Waals surface area contributed by atoms with Gasteiger partial charge in [-0.1, -0.05) is 13.8 Å². The Labute approximate surface area is 114 Å². The molecule has 1 aliphatic heterocycles. The van der Waals surface area contributed by atoms with Crippen molar-refractivity contribution < 1.29 is 0 Å². The first-order chi connectivity index (χ1) is 8.56. The zero-order chi connectivity index (χ0) is 12.8. The summed E-state index contributed by atoms with van der Waals surface area (Å²) < 4.78 is 0. The zero-order valence-electron chi connectivity index (χ0n) is 11.5. The monoisotopic (exact) mass is 264 g/mol. The van der Waals surface area contributed by atoms with Crippen LogP contribution in [0.4, 0.5) is 0 Å². The van der Waals surface area contributed by atoms with Crippen LogP contribution in [0.1, 0.15) is 37.1 Å². The van der Waals surface area contributed by atoms with E-state index in [4.69, 9.17) is 5.73 Å². The molecule has 2 aliphatic rings. The SMILES string of the molecule is CC1(C)CCC(CN2CCc3sccc3C2)C1N. The molecule has 2 N–H and O–H groups in total. The molecule has 0 bridgehead atoms. The average Bonchev–Trinajstić information content (AvgIpc) is 2.89. The number of nitrogens with zero attached hydrogens (tertiary/aromatic N) is 1. The molecule has 100 valence electrons. The Balaban J connectivity index is 1.62. The summed E-state index contributed by atoms with van der Waals surface area (Å²) in [6.07, 6.45) is 3.83. The lowest BCUT2D eigenvalue weighted by Crippen LogP contribution is -2.43. The second-order valence-electron chi connectivity index (χ2n) is 6.67. The maximum absolute atomic E-state index is 6.42. The Morgan fingerprint density at radius 2 is 2.33 bits per heavy atom. The van der Waals surface area contributed by atoms with Crippen molar-refractivity contribution in [3.05, 3.63) is 21.9 Å². The molecule has 1 fully saturated rings. The molecule has 3 heteroatoms. The third kappa shape index (κ3) is 2.24. The highest BCUT2D eigenvalue weighted by Crippen LogP contribution is 2.40. The standard InChI is InChI=1S/C15H24N2S/c1-15(2)6-3-12(14(15)16)10-17-7-4-13-11(9-17)5-8-18-13/h5,8,12,14H,3-4,6-7,9-10,16H2,1-2H3. The number of hydrogen-bond acceptors (Lipinski definition) is 3. The van der Waals surface area contributed by atoms with E-state index in [9.17, 15) is 0 Å². The van der Waals surface area contributed by atoms with Crippen molar-refractivity contribution in [2.45, 2.75) is 45.7 Å². The predicted molar refractivity (Wildman–Crippen MR) is 77.8 cm³/mol. The van der Waals surface area contributed by atoms with Gasteiger partial charge in [-0.05, 0) is 47.6 Å². The van der Waals surface area contributed by atoms with Gasteiger partial charge in [-0.3, -0.25) is 4.90 Å². The summed E-state index contributed by atoms with van der Waals surface area (Å²) in [5.74, 6) is 0.695. The topological polar surface area (TPSA) is 29.3 Å². The van der Waals surface area contributed by atoms with Crippen LogP contribution in [-0.2, 0) is 13.0 Å². The van der Waals surface area contributed by atoms with Crippen LogP contribution in [-0.4, -0.2) is 24.0 Å². The summed E-state index contributed by atoms with van der Waals surface area (Å²) in [7, 11) is 0. The summed E-state index contributed by atoms with van der Waals surface area (Å²) >= 11 is 1.92. The molecule has 0 aromatic carbocycles. The quantitative estimate of drug-likeness (QED) is 0.890. The first kappa shape index (κ1) is 12.6. The van der Waals surface area contributed by atoms with Crippen LogP contribution in [0.25, 0.3) is 0 Å². The summed E-state index contributed by atoms with van der Waals surface area (Å²) in [6.45, 7) is 8.20. The Morgan fingerprint density at radius 1 is 1.50 bits per heavy atom. The first-order valence-electron chi connectivity index (χ1n) is 7.09. The van der Waals surface area contributed by atoms with Gasteiger partial charge in [0.1, 0.15) is 0 Å². The molecule has 0 radical (unpaired) electrons. The molecule has 18 heavy (non-hydrogen) atoms. The fourth-order valence-corrected chi connectivity index (χ4v) is 4.43. The van der Waals surface area contributed by atoms with Gasteiger partial charge in [-0.15, -0.1) is 11.3 Å². The van der Waals surface area contributed by atoms with Crippen LogP contribution in [0.3, 0.4) is 0 Å². The second kappa shape index (κ2) is 4.62. The Bertz CT molecular complexity index is 424. The van der Waals surface area contributed by atoms with Gasteiger partial charge in [-0.2, -0.15) is 0 Å². The molecule has 1 saturated carbocycles. The van der Waals surface area contributed by atoms with Gasteiger partial charge in [0.2, 0.25) is 0 Å². The Kier molecular flexibility index (Phi) is 3.25. The highest BCUT2D eigenvalue weighted by atomic mass is 32.1. The van der Waals surface area contributed by atoms with E-state index >= 15 is 0 Å². The van der Waals surface area contributed by atoms with E-state index in [0.29, 0.717) is 17.4 Å². The number of hydrogen-bond donors (Lipinski definition) is 1. The van der Waals surface area contributed by atoms with E-state index in [2.05, 4.69) is 30.2 Å². The van der Waals surface area contributed by atoms with Crippen LogP contribution in [0.2, 0.25) is 0 Å². The third-order valence-electron chi connectivity index (χ3n) is 4.95. The van der Waals surface area contributed by atoms with Crippen molar-refractivity contribution in [3.8, 4) is 0 Å². The molecule has 1 aliphatic carbocycles. The third-order valence-corrected chi connectivity index (χ3v) is 5.97. The molecule has 1 aromatic heterocycles. The van der Waals surface area contributed by atoms with Crippen LogP contribution in [0, 0.1) is 11.3 Å². The van der Waals surface area contributed by atoms with Gasteiger partial charge in [0.25, 0.3) is 0 Å². The van der Waals surface area contributed by atoms with Crippen LogP contribution >= 0.6 is 11.3 Å². The highest BCUT2D eigenvalue weighted by Gasteiger charge is 2.40. The summed E-state index contributed by atoms with van der Waals surface area (Å²) in [4.78, 5) is 4.21. The van der Waals surface area contributed by atoms with Gasteiger partial charge >= 0.3 is 0 Å². The molecule has 2 heterocycles. The molecule has 0 amide bonds. The first-order valence-corrected chi connectivity index (χ1v) is 7.97. The van der Waals surface area contributed by atoms with Crippen molar-refractivity contribution >= 4 is 11.3 Å². The van der Waals surface area contributed by atoms with Gasteiger partial charge < -0.3 is 5.73 Å². The minimum atomic E-state index is 0.341. The van der Waals surface area contributed by atoms with Gasteiger partial charge in [0, 0.05) is 30.6 Å². The molecule has 0 saturated heterocycles. The predicted octanol–water partition coefficient (Wildman–Crippen LogP) is 2.87. The molecule has 2 unspecified atom stereocenters. The minimum Gasteiger partial charge on any atom is -0.327 e.